The molecule has 25 heavy (non-hydrogen) atoms. The van der Waals surface area contributed by atoms with E-state index in [1.165, 1.54) is 36.2 Å². The molecular formula is C22H36ClPPd. The Hall–Kier alpha value is 0.942. The summed E-state index contributed by atoms with van der Waals surface area (Å²) < 4.78 is 0. The zero-order chi connectivity index (χ0) is 16.3. The van der Waals surface area contributed by atoms with Crippen molar-refractivity contribution in [3.63, 3.8) is 0 Å². The van der Waals surface area contributed by atoms with Gasteiger partial charge in [0.25, 0.3) is 0 Å². The van der Waals surface area contributed by atoms with E-state index in [2.05, 4.69) is 6.42 Å². The average Bonchev–Trinajstić information content (AvgIpc) is 2.65. The molecule has 0 aromatic rings. The van der Waals surface area contributed by atoms with E-state index in [0.717, 1.165) is 0 Å². The quantitative estimate of drug-likeness (QED) is 0.250. The SMILES string of the molecule is C1CCC(P(C2CCCCC2)C2CCCCC2)CC1.[C-]#C[C]C.[Cl-].[Pd+2]. The maximum absolute atomic E-state index is 6.09. The molecule has 0 nitrogen and oxygen atoms in total. The largest absolute Gasteiger partial charge is 2.00 e. The van der Waals surface area contributed by atoms with Crippen LogP contribution in [0.15, 0.2) is 0 Å². The first-order chi connectivity index (χ1) is 11.4. The van der Waals surface area contributed by atoms with Crippen LogP contribution < -0.4 is 12.4 Å². The molecule has 0 saturated heterocycles. The minimum Gasteiger partial charge on any atom is -1.00 e. The molecule has 0 bridgehead atoms. The molecule has 3 aliphatic rings. The molecule has 0 unspecified atom stereocenters. The third-order valence-electron chi connectivity index (χ3n) is 6.11. The van der Waals surface area contributed by atoms with E-state index in [4.69, 9.17) is 6.42 Å². The van der Waals surface area contributed by atoms with Crippen LogP contribution in [-0.2, 0) is 20.4 Å². The standard InChI is InChI=1S/C18H33P.C4H3.ClH.Pd/c1-4-10-16(11-5-1)19(17-12-6-2-7-13-17)18-14-8-3-9-15-18;1-3-4-2;;/h16-18H,1-15H2;1H3;1H;/q;-1;;+2/p-1. The van der Waals surface area contributed by atoms with Crippen molar-refractivity contribution in [1.82, 2.24) is 0 Å². The summed E-state index contributed by atoms with van der Waals surface area (Å²) in [6, 6.07) is 0. The van der Waals surface area contributed by atoms with E-state index in [1.807, 2.05) is 5.92 Å². The summed E-state index contributed by atoms with van der Waals surface area (Å²) in [6.07, 6.45) is 32.1. The maximum atomic E-state index is 6.09. The minimum atomic E-state index is 0. The molecule has 3 rings (SSSR count). The maximum Gasteiger partial charge on any atom is 2.00 e. The molecule has 0 aliphatic heterocycles. The van der Waals surface area contributed by atoms with Gasteiger partial charge in [-0.15, -0.1) is 0 Å². The Bertz CT molecular complexity index is 294. The summed E-state index contributed by atoms with van der Waals surface area (Å²) in [5, 5.41) is 0. The van der Waals surface area contributed by atoms with Crippen LogP contribution in [0, 0.1) is 18.8 Å². The minimum absolute atomic E-state index is 0. The molecule has 0 N–H and O–H groups in total. The van der Waals surface area contributed by atoms with E-state index in [-0.39, 0.29) is 32.8 Å². The van der Waals surface area contributed by atoms with E-state index in [9.17, 15) is 0 Å². The van der Waals surface area contributed by atoms with Crippen LogP contribution in [0.25, 0.3) is 0 Å². The number of rotatable bonds is 3. The second-order valence-corrected chi connectivity index (χ2v) is 10.8. The van der Waals surface area contributed by atoms with Gasteiger partial charge in [0.15, 0.2) is 0 Å². The molecular weight excluding hydrogens is 437 g/mol. The molecule has 2 radical (unpaired) electrons. The number of hydrogen-bond acceptors (Lipinski definition) is 0. The summed E-state index contributed by atoms with van der Waals surface area (Å²) in [5.74, 6) is 1.93. The molecule has 0 atom stereocenters. The molecule has 3 fully saturated rings. The van der Waals surface area contributed by atoms with Crippen molar-refractivity contribution in [2.45, 2.75) is 120 Å². The van der Waals surface area contributed by atoms with Gasteiger partial charge in [0, 0.05) is 6.42 Å². The predicted octanol–water partition coefficient (Wildman–Crippen LogP) is 4.15. The Morgan fingerprint density at radius 2 is 0.880 bits per heavy atom. The van der Waals surface area contributed by atoms with E-state index in [0.29, 0.717) is 7.92 Å². The molecule has 3 saturated carbocycles. The third kappa shape index (κ3) is 9.12. The van der Waals surface area contributed by atoms with Gasteiger partial charge in [-0.25, -0.2) is 0 Å². The Balaban J connectivity index is 0.000000874. The van der Waals surface area contributed by atoms with Gasteiger partial charge in [0.2, 0.25) is 0 Å². The van der Waals surface area contributed by atoms with E-state index in [1.54, 1.807) is 84.0 Å². The summed E-state index contributed by atoms with van der Waals surface area (Å²) in [6.45, 7) is 1.63. The van der Waals surface area contributed by atoms with Crippen LogP contribution in [0.3, 0.4) is 0 Å². The molecule has 0 amide bonds. The van der Waals surface area contributed by atoms with Gasteiger partial charge in [-0.1, -0.05) is 65.7 Å². The Morgan fingerprint density at radius 1 is 0.640 bits per heavy atom. The normalized spacial score (nSPS) is 22.8. The Labute approximate surface area is 179 Å². The second-order valence-electron chi connectivity index (χ2n) is 7.70. The molecule has 3 heteroatoms. The van der Waals surface area contributed by atoms with Gasteiger partial charge in [-0.05, 0) is 62.4 Å². The molecule has 0 aromatic heterocycles. The van der Waals surface area contributed by atoms with Gasteiger partial charge < -0.3 is 24.8 Å². The van der Waals surface area contributed by atoms with Crippen LogP contribution in [0.1, 0.15) is 103 Å². The summed E-state index contributed by atoms with van der Waals surface area (Å²) in [7, 11) is 0.385. The molecule has 146 valence electrons. The van der Waals surface area contributed by atoms with Crippen LogP contribution in [0.2, 0.25) is 0 Å². The van der Waals surface area contributed by atoms with Crippen LogP contribution >= 0.6 is 7.92 Å². The molecule has 0 spiro atoms. The summed E-state index contributed by atoms with van der Waals surface area (Å²) in [5.41, 5.74) is 3.57. The summed E-state index contributed by atoms with van der Waals surface area (Å²) in [4.78, 5) is 0. The monoisotopic (exact) mass is 472 g/mol. The first-order valence-electron chi connectivity index (χ1n) is 10.2. The van der Waals surface area contributed by atoms with Crippen LogP contribution in [-0.4, -0.2) is 17.0 Å². The first-order valence-corrected chi connectivity index (χ1v) is 11.8. The van der Waals surface area contributed by atoms with Gasteiger partial charge in [0.05, 0.1) is 0 Å². The molecule has 0 heterocycles. The van der Waals surface area contributed by atoms with Crippen LogP contribution in [0.4, 0.5) is 0 Å². The number of halogens is 1. The Kier molecular flexibility index (Phi) is 16.5. The third-order valence-corrected chi connectivity index (χ3v) is 10.2. The van der Waals surface area contributed by atoms with Crippen LogP contribution in [0.5, 0.6) is 0 Å². The Morgan fingerprint density at radius 3 is 1.08 bits per heavy atom. The predicted molar refractivity (Wildman–Crippen MR) is 104 cm³/mol. The molecule has 0 aromatic carbocycles. The van der Waals surface area contributed by atoms with Crippen molar-refractivity contribution in [3.05, 3.63) is 12.8 Å². The fourth-order valence-corrected chi connectivity index (χ4v) is 9.71. The fraction of sp³-hybridized carbons (Fsp3) is 0.864. The fourth-order valence-electron chi connectivity index (χ4n) is 5.03. The van der Waals surface area contributed by atoms with E-state index >= 15 is 0 Å². The summed E-state index contributed by atoms with van der Waals surface area (Å²) >= 11 is 0. The first kappa shape index (κ1) is 25.9. The number of hydrogen-bond donors (Lipinski definition) is 0. The zero-order valence-electron chi connectivity index (χ0n) is 16.0. The van der Waals surface area contributed by atoms with Crippen molar-refractivity contribution in [2.75, 3.05) is 0 Å². The topological polar surface area (TPSA) is 0 Å². The van der Waals surface area contributed by atoms with Crippen molar-refractivity contribution in [3.8, 4) is 5.92 Å². The van der Waals surface area contributed by atoms with Crippen molar-refractivity contribution < 1.29 is 32.8 Å². The van der Waals surface area contributed by atoms with Crippen molar-refractivity contribution in [1.29, 1.82) is 0 Å². The van der Waals surface area contributed by atoms with E-state index < -0.39 is 0 Å². The zero-order valence-corrected chi connectivity index (χ0v) is 19.2. The van der Waals surface area contributed by atoms with Crippen molar-refractivity contribution >= 4 is 7.92 Å². The van der Waals surface area contributed by atoms with Gasteiger partial charge in [-0.3, -0.25) is 0 Å². The van der Waals surface area contributed by atoms with Gasteiger partial charge in [-0.2, -0.15) is 0 Å². The smallest absolute Gasteiger partial charge is 1.00 e. The average molecular weight is 473 g/mol. The van der Waals surface area contributed by atoms with Gasteiger partial charge in [0.1, 0.15) is 0 Å². The van der Waals surface area contributed by atoms with Gasteiger partial charge >= 0.3 is 20.4 Å². The molecule has 3 aliphatic carbocycles. The second kappa shape index (κ2) is 15.9. The van der Waals surface area contributed by atoms with Crippen molar-refractivity contribution in [2.24, 2.45) is 0 Å².